The number of carbonyl (C=O) groups excluding carboxylic acids is 1. The van der Waals surface area contributed by atoms with E-state index in [4.69, 9.17) is 15.8 Å². The molecule has 0 heterocycles. The minimum atomic E-state index is -5.83. The number of nitrogens with one attached hydrogen (secondary N) is 1. The van der Waals surface area contributed by atoms with Gasteiger partial charge in [0, 0.05) is 29.7 Å². The number of rotatable bonds is 5. The number of amides is 1. The van der Waals surface area contributed by atoms with E-state index in [-0.39, 0.29) is 13.0 Å². The lowest BCUT2D eigenvalue weighted by Crippen LogP contribution is -2.37. The molecule has 0 unspecified atom stereocenters. The van der Waals surface area contributed by atoms with Crippen LogP contribution in [0.4, 0.5) is 27.6 Å². The fourth-order valence-corrected chi connectivity index (χ4v) is 1.59. The van der Waals surface area contributed by atoms with Gasteiger partial charge in [-0.05, 0) is 6.07 Å². The lowest BCUT2D eigenvalue weighted by Gasteiger charge is -2.21. The molecule has 1 rings (SSSR count). The van der Waals surface area contributed by atoms with Crippen molar-refractivity contribution in [2.75, 3.05) is 11.9 Å². The van der Waals surface area contributed by atoms with Crippen molar-refractivity contribution in [1.82, 2.24) is 0 Å². The Labute approximate surface area is 122 Å². The molecule has 22 heavy (non-hydrogen) atoms. The summed E-state index contributed by atoms with van der Waals surface area (Å²) in [6.45, 7) is -0.0821. The van der Waals surface area contributed by atoms with Crippen LogP contribution in [0.1, 0.15) is 12.0 Å². The Morgan fingerprint density at radius 3 is 2.27 bits per heavy atom. The molecule has 0 saturated carbocycles. The maximum Gasteiger partial charge on any atom is 0.490 e. The molecule has 0 bridgehead atoms. The third kappa shape index (κ3) is 3.93. The van der Waals surface area contributed by atoms with Gasteiger partial charge in [0.1, 0.15) is 0 Å². The van der Waals surface area contributed by atoms with Gasteiger partial charge < -0.3 is 21.1 Å². The van der Waals surface area contributed by atoms with Gasteiger partial charge in [-0.1, -0.05) is 12.1 Å². The van der Waals surface area contributed by atoms with Crippen LogP contribution in [0.2, 0.25) is 0 Å². The predicted octanol–water partition coefficient (Wildman–Crippen LogP) is 0.308. The Morgan fingerprint density at radius 1 is 1.23 bits per heavy atom. The summed E-state index contributed by atoms with van der Waals surface area (Å²) in [6, 6.07) is 1.41. The summed E-state index contributed by atoms with van der Waals surface area (Å²) in [7, 11) is -2.17. The van der Waals surface area contributed by atoms with Crippen molar-refractivity contribution in [2.24, 2.45) is 5.73 Å². The zero-order chi connectivity index (χ0) is 17.1. The van der Waals surface area contributed by atoms with Crippen LogP contribution in [0.5, 0.6) is 0 Å². The fraction of sp³-hybridized carbons (Fsp3) is 0.364. The molecule has 0 aliphatic carbocycles. The molecular weight excluding hydrogens is 314 g/mol. The molecule has 1 amide bonds. The molecule has 122 valence electrons. The number of anilines is 1. The first-order valence-corrected chi connectivity index (χ1v) is 5.95. The number of alkyl halides is 5. The van der Waals surface area contributed by atoms with Gasteiger partial charge in [-0.25, -0.2) is 0 Å². The van der Waals surface area contributed by atoms with E-state index in [1.165, 1.54) is 0 Å². The minimum absolute atomic E-state index is 0.0821. The van der Waals surface area contributed by atoms with Crippen molar-refractivity contribution in [2.45, 2.75) is 18.5 Å². The molecule has 0 saturated heterocycles. The van der Waals surface area contributed by atoms with E-state index in [2.05, 4.69) is 0 Å². The van der Waals surface area contributed by atoms with E-state index in [1.807, 2.05) is 5.32 Å². The first-order valence-electron chi connectivity index (χ1n) is 5.95. The number of carbonyl (C=O) groups is 1. The van der Waals surface area contributed by atoms with Gasteiger partial charge in [-0.3, -0.25) is 4.79 Å². The van der Waals surface area contributed by atoms with Gasteiger partial charge in [0.05, 0.1) is 0 Å². The predicted molar refractivity (Wildman–Crippen MR) is 68.5 cm³/mol. The average molecular weight is 326 g/mol. The van der Waals surface area contributed by atoms with Crippen molar-refractivity contribution in [3.05, 3.63) is 23.8 Å². The van der Waals surface area contributed by atoms with Crippen LogP contribution in [-0.2, 0) is 10.7 Å². The third-order valence-corrected chi connectivity index (χ3v) is 2.70. The van der Waals surface area contributed by atoms with Crippen LogP contribution >= 0.6 is 0 Å². The first-order chi connectivity index (χ1) is 10.0. The van der Waals surface area contributed by atoms with Gasteiger partial charge in [-0.15, -0.1) is 0 Å². The Bertz CT molecular complexity index is 551. The zero-order valence-corrected chi connectivity index (χ0v) is 11.0. The van der Waals surface area contributed by atoms with Crippen LogP contribution in [0.25, 0.3) is 0 Å². The summed E-state index contributed by atoms with van der Waals surface area (Å²) in [5, 5.41) is 20.2. The van der Waals surface area contributed by atoms with E-state index in [9.17, 15) is 26.7 Å². The largest absolute Gasteiger partial charge is 0.490 e. The molecule has 1 aromatic carbocycles. The van der Waals surface area contributed by atoms with Gasteiger partial charge in [-0.2, -0.15) is 22.0 Å². The molecule has 0 aliphatic heterocycles. The lowest BCUT2D eigenvalue weighted by atomic mass is 9.78. The van der Waals surface area contributed by atoms with E-state index >= 15 is 0 Å². The molecule has 5 nitrogen and oxygen atoms in total. The monoisotopic (exact) mass is 326 g/mol. The summed E-state index contributed by atoms with van der Waals surface area (Å²) in [6.07, 6.45) is -6.05. The van der Waals surface area contributed by atoms with E-state index in [1.54, 1.807) is 0 Å². The molecule has 0 aliphatic rings. The highest BCUT2D eigenvalue weighted by atomic mass is 19.4. The summed E-state index contributed by atoms with van der Waals surface area (Å²) >= 11 is 0. The van der Waals surface area contributed by atoms with Gasteiger partial charge in [0.15, 0.2) is 0 Å². The van der Waals surface area contributed by atoms with Crippen LogP contribution in [0.3, 0.4) is 0 Å². The van der Waals surface area contributed by atoms with E-state index < -0.39 is 41.8 Å². The van der Waals surface area contributed by atoms with Crippen molar-refractivity contribution < 1.29 is 36.8 Å². The van der Waals surface area contributed by atoms with Crippen LogP contribution < -0.4 is 16.5 Å². The molecule has 0 radical (unpaired) electrons. The molecular formula is C11H12BF5N2O3. The smallest absolute Gasteiger partial charge is 0.423 e. The average Bonchev–Trinajstić information content (AvgIpc) is 2.37. The Hall–Kier alpha value is -1.72. The van der Waals surface area contributed by atoms with Crippen LogP contribution in [0, 0.1) is 0 Å². The molecule has 0 atom stereocenters. The highest BCUT2D eigenvalue weighted by Gasteiger charge is 2.58. The van der Waals surface area contributed by atoms with Gasteiger partial charge >= 0.3 is 19.2 Å². The molecule has 5 N–H and O–H groups in total. The van der Waals surface area contributed by atoms with Crippen molar-refractivity contribution in [1.29, 1.82) is 0 Å². The third-order valence-electron chi connectivity index (χ3n) is 2.70. The second-order valence-electron chi connectivity index (χ2n) is 4.33. The molecule has 11 heteroatoms. The van der Waals surface area contributed by atoms with Gasteiger partial charge in [0.2, 0.25) is 5.91 Å². The van der Waals surface area contributed by atoms with Crippen LogP contribution in [0.15, 0.2) is 18.2 Å². The summed E-state index contributed by atoms with van der Waals surface area (Å²) in [4.78, 5) is 11.4. The van der Waals surface area contributed by atoms with E-state index in [0.717, 1.165) is 0 Å². The topological polar surface area (TPSA) is 95.6 Å². The number of nitrogens with two attached hydrogens (primary N) is 1. The molecule has 0 spiro atoms. The first kappa shape index (κ1) is 18.3. The fourth-order valence-electron chi connectivity index (χ4n) is 1.59. The SMILES string of the molecule is NCCC(=O)Nc1cc(C(F)(F)C(F)(F)F)ccc1B(O)O. The van der Waals surface area contributed by atoms with Crippen molar-refractivity contribution in [3.63, 3.8) is 0 Å². The number of halogens is 5. The number of hydrogen-bond donors (Lipinski definition) is 4. The number of benzene rings is 1. The second-order valence-corrected chi connectivity index (χ2v) is 4.33. The van der Waals surface area contributed by atoms with Crippen molar-refractivity contribution in [3.8, 4) is 0 Å². The molecule has 0 aromatic heterocycles. The molecule has 1 aromatic rings. The second kappa shape index (κ2) is 6.59. The highest BCUT2D eigenvalue weighted by Crippen LogP contribution is 2.44. The standard InChI is InChI=1S/C11H12BF5N2O3/c13-10(14,11(15,16)17)6-1-2-7(12(21)22)8(5-6)19-9(20)3-4-18/h1-2,5,21-22H,3-4,18H2,(H,19,20). The minimum Gasteiger partial charge on any atom is -0.423 e. The van der Waals surface area contributed by atoms with Crippen molar-refractivity contribution >= 4 is 24.2 Å². The number of hydrogen-bond acceptors (Lipinski definition) is 4. The highest BCUT2D eigenvalue weighted by molar-refractivity contribution is 6.60. The van der Waals surface area contributed by atoms with E-state index in [0.29, 0.717) is 18.2 Å². The summed E-state index contributed by atoms with van der Waals surface area (Å²) in [5.74, 6) is -5.92. The molecule has 0 fully saturated rings. The van der Waals surface area contributed by atoms with Gasteiger partial charge in [0.25, 0.3) is 0 Å². The Morgan fingerprint density at radius 2 is 1.82 bits per heavy atom. The summed E-state index contributed by atoms with van der Waals surface area (Å²) < 4.78 is 63.6. The summed E-state index contributed by atoms with van der Waals surface area (Å²) in [5.41, 5.74) is 2.69. The quantitative estimate of drug-likeness (QED) is 0.463. The maximum atomic E-state index is 13.3. The Balaban J connectivity index is 3.28. The normalized spacial score (nSPS) is 12.2. The zero-order valence-electron chi connectivity index (χ0n) is 11.0. The lowest BCUT2D eigenvalue weighted by molar-refractivity contribution is -0.289. The maximum absolute atomic E-state index is 13.3. The Kier molecular flexibility index (Phi) is 5.49. The van der Waals surface area contributed by atoms with Crippen LogP contribution in [-0.4, -0.2) is 35.8 Å².